The first-order chi connectivity index (χ1) is 7.25. The molecule has 2 nitrogen and oxygen atoms in total. The van der Waals surface area contributed by atoms with Gasteiger partial charge in [0.15, 0.2) is 5.15 Å². The highest BCUT2D eigenvalue weighted by Crippen LogP contribution is 2.36. The predicted molar refractivity (Wildman–Crippen MR) is 64.9 cm³/mol. The van der Waals surface area contributed by atoms with E-state index in [9.17, 15) is 0 Å². The topological polar surface area (TPSA) is 25.8 Å². The zero-order valence-electron chi connectivity index (χ0n) is 7.37. The second-order valence-corrected chi connectivity index (χ2v) is 4.81. The number of hydrogen-bond donors (Lipinski definition) is 0. The monoisotopic (exact) mass is 254 g/mol. The summed E-state index contributed by atoms with van der Waals surface area (Å²) >= 11 is 13.4. The molecule has 74 valence electrons. The van der Waals surface area contributed by atoms with Crippen LogP contribution >= 0.6 is 34.5 Å². The molecule has 0 bridgehead atoms. The van der Waals surface area contributed by atoms with Crippen LogP contribution in [0.5, 0.6) is 0 Å². The van der Waals surface area contributed by atoms with Crippen LogP contribution in [0.1, 0.15) is 0 Å². The summed E-state index contributed by atoms with van der Waals surface area (Å²) in [6.45, 7) is 0. The van der Waals surface area contributed by atoms with Gasteiger partial charge in [-0.1, -0.05) is 29.8 Å². The summed E-state index contributed by atoms with van der Waals surface area (Å²) in [6.07, 6.45) is 0. The van der Waals surface area contributed by atoms with E-state index in [0.717, 1.165) is 20.3 Å². The second kappa shape index (κ2) is 3.30. The number of rotatable bonds is 0. The maximum atomic E-state index is 6.01. The van der Waals surface area contributed by atoms with Gasteiger partial charge >= 0.3 is 0 Å². The molecular weight excluding hydrogens is 251 g/mol. The van der Waals surface area contributed by atoms with E-state index < -0.39 is 0 Å². The molecule has 0 spiro atoms. The number of nitrogens with zero attached hydrogens (tertiary/aromatic N) is 2. The molecule has 0 atom stereocenters. The lowest BCUT2D eigenvalue weighted by atomic mass is 10.2. The first-order valence-electron chi connectivity index (χ1n) is 4.26. The molecule has 0 N–H and O–H groups in total. The Labute approximate surface area is 99.5 Å². The molecule has 1 aromatic carbocycles. The summed E-state index contributed by atoms with van der Waals surface area (Å²) in [7, 11) is 0. The van der Waals surface area contributed by atoms with Crippen LogP contribution in [0.15, 0.2) is 24.3 Å². The highest BCUT2D eigenvalue weighted by molar-refractivity contribution is 7.26. The van der Waals surface area contributed by atoms with Crippen LogP contribution < -0.4 is 0 Å². The van der Waals surface area contributed by atoms with Gasteiger partial charge in [0.1, 0.15) is 0 Å². The molecule has 2 aromatic heterocycles. The summed E-state index contributed by atoms with van der Waals surface area (Å²) in [4.78, 5) is 8.13. The smallest absolute Gasteiger partial charge is 0.216 e. The van der Waals surface area contributed by atoms with Gasteiger partial charge in [-0.05, 0) is 17.7 Å². The molecule has 3 rings (SSSR count). The highest BCUT2D eigenvalue weighted by atomic mass is 35.5. The SMILES string of the molecule is Clc1nc(Cl)c2sc3ccccc3c2n1. The molecule has 0 aliphatic carbocycles. The largest absolute Gasteiger partial charge is 0.224 e. The predicted octanol–water partition coefficient (Wildman–Crippen LogP) is 4.15. The van der Waals surface area contributed by atoms with Crippen molar-refractivity contribution in [3.63, 3.8) is 0 Å². The number of fused-ring (bicyclic) bond motifs is 3. The van der Waals surface area contributed by atoms with Gasteiger partial charge in [0.25, 0.3) is 0 Å². The minimum atomic E-state index is 0.191. The average Bonchev–Trinajstić information content (AvgIpc) is 2.57. The van der Waals surface area contributed by atoms with Gasteiger partial charge in [-0.2, -0.15) is 0 Å². The van der Waals surface area contributed by atoms with Crippen molar-refractivity contribution in [1.29, 1.82) is 0 Å². The molecule has 0 fully saturated rings. The molecule has 0 saturated carbocycles. The molecule has 0 aliphatic heterocycles. The van der Waals surface area contributed by atoms with E-state index in [-0.39, 0.29) is 5.28 Å². The Kier molecular flexibility index (Phi) is 2.06. The molecule has 0 radical (unpaired) electrons. The summed E-state index contributed by atoms with van der Waals surface area (Å²) in [5.41, 5.74) is 0.834. The van der Waals surface area contributed by atoms with E-state index in [1.807, 2.05) is 24.3 Å². The third kappa shape index (κ3) is 1.39. The van der Waals surface area contributed by atoms with Gasteiger partial charge in [-0.15, -0.1) is 11.3 Å². The van der Waals surface area contributed by atoms with Crippen LogP contribution in [0.3, 0.4) is 0 Å². The highest BCUT2D eigenvalue weighted by Gasteiger charge is 2.10. The molecule has 0 unspecified atom stereocenters. The molecule has 5 heteroatoms. The second-order valence-electron chi connectivity index (χ2n) is 3.06. The normalized spacial score (nSPS) is 11.3. The zero-order valence-corrected chi connectivity index (χ0v) is 9.70. The van der Waals surface area contributed by atoms with Gasteiger partial charge in [-0.3, -0.25) is 0 Å². The summed E-state index contributed by atoms with van der Waals surface area (Å²) in [5, 5.41) is 1.69. The Bertz CT molecular complexity index is 663. The lowest BCUT2D eigenvalue weighted by Crippen LogP contribution is -1.82. The van der Waals surface area contributed by atoms with Crippen LogP contribution in [0, 0.1) is 0 Å². The minimum Gasteiger partial charge on any atom is -0.216 e. The van der Waals surface area contributed by atoms with E-state index in [1.165, 1.54) is 0 Å². The van der Waals surface area contributed by atoms with Crippen molar-refractivity contribution in [2.24, 2.45) is 0 Å². The zero-order chi connectivity index (χ0) is 10.4. The Hall–Kier alpha value is -0.900. The van der Waals surface area contributed by atoms with Crippen molar-refractivity contribution in [2.45, 2.75) is 0 Å². The molecule has 0 aliphatic rings. The summed E-state index contributed by atoms with van der Waals surface area (Å²) in [5.74, 6) is 0. The maximum Gasteiger partial charge on any atom is 0.224 e. The van der Waals surface area contributed by atoms with E-state index in [2.05, 4.69) is 9.97 Å². The van der Waals surface area contributed by atoms with Crippen LogP contribution in [0.4, 0.5) is 0 Å². The number of hydrogen-bond acceptors (Lipinski definition) is 3. The van der Waals surface area contributed by atoms with Crippen molar-refractivity contribution in [3.05, 3.63) is 34.7 Å². The van der Waals surface area contributed by atoms with Gasteiger partial charge in [0.2, 0.25) is 5.28 Å². The molecular formula is C10H4Cl2N2S. The quantitative estimate of drug-likeness (QED) is 0.445. The van der Waals surface area contributed by atoms with E-state index in [0.29, 0.717) is 5.15 Å². The molecule has 0 saturated heterocycles. The van der Waals surface area contributed by atoms with Gasteiger partial charge in [-0.25, -0.2) is 9.97 Å². The maximum absolute atomic E-state index is 6.01. The van der Waals surface area contributed by atoms with Gasteiger partial charge in [0, 0.05) is 10.1 Å². The van der Waals surface area contributed by atoms with Crippen LogP contribution in [-0.4, -0.2) is 9.97 Å². The number of benzene rings is 1. The Morgan fingerprint density at radius 2 is 1.87 bits per heavy atom. The van der Waals surface area contributed by atoms with Crippen molar-refractivity contribution < 1.29 is 0 Å². The van der Waals surface area contributed by atoms with E-state index >= 15 is 0 Å². The lowest BCUT2D eigenvalue weighted by molar-refractivity contribution is 1.23. The van der Waals surface area contributed by atoms with Crippen LogP contribution in [0.2, 0.25) is 10.4 Å². The third-order valence-electron chi connectivity index (χ3n) is 2.15. The number of aromatic nitrogens is 2. The van der Waals surface area contributed by atoms with Crippen LogP contribution in [0.25, 0.3) is 20.3 Å². The number of halogens is 2. The van der Waals surface area contributed by atoms with Crippen molar-refractivity contribution >= 4 is 54.8 Å². The van der Waals surface area contributed by atoms with Crippen molar-refractivity contribution in [1.82, 2.24) is 9.97 Å². The summed E-state index contributed by atoms with van der Waals surface area (Å²) in [6, 6.07) is 8.00. The first kappa shape index (κ1) is 9.33. The fourth-order valence-corrected chi connectivity index (χ4v) is 3.05. The lowest BCUT2D eigenvalue weighted by Gasteiger charge is -1.93. The standard InChI is InChI=1S/C10H4Cl2N2S/c11-9-8-7(13-10(12)14-9)5-3-1-2-4-6(5)15-8/h1-4H. The molecule has 3 aromatic rings. The van der Waals surface area contributed by atoms with Crippen molar-refractivity contribution in [2.75, 3.05) is 0 Å². The molecule has 0 amide bonds. The van der Waals surface area contributed by atoms with E-state index in [4.69, 9.17) is 23.2 Å². The Morgan fingerprint density at radius 1 is 1.07 bits per heavy atom. The first-order valence-corrected chi connectivity index (χ1v) is 5.83. The van der Waals surface area contributed by atoms with Gasteiger partial charge < -0.3 is 0 Å². The number of thiophene rings is 1. The fraction of sp³-hybridized carbons (Fsp3) is 0. The fourth-order valence-electron chi connectivity index (χ4n) is 1.53. The molecule has 15 heavy (non-hydrogen) atoms. The molecule has 2 heterocycles. The summed E-state index contributed by atoms with van der Waals surface area (Å²) < 4.78 is 2.04. The van der Waals surface area contributed by atoms with E-state index in [1.54, 1.807) is 11.3 Å². The third-order valence-corrected chi connectivity index (χ3v) is 3.87. The minimum absolute atomic E-state index is 0.191. The Morgan fingerprint density at radius 3 is 2.73 bits per heavy atom. The van der Waals surface area contributed by atoms with Crippen molar-refractivity contribution in [3.8, 4) is 0 Å². The van der Waals surface area contributed by atoms with Gasteiger partial charge in [0.05, 0.1) is 10.2 Å². The average molecular weight is 255 g/mol. The Balaban J connectivity index is 2.61. The van der Waals surface area contributed by atoms with Crippen LogP contribution in [-0.2, 0) is 0 Å².